The van der Waals surface area contributed by atoms with Crippen LogP contribution in [-0.4, -0.2) is 38.1 Å². The summed E-state index contributed by atoms with van der Waals surface area (Å²) in [6.45, 7) is -0.476. The van der Waals surface area contributed by atoms with Crippen LogP contribution >= 0.6 is 28.1 Å². The van der Waals surface area contributed by atoms with Crippen molar-refractivity contribution >= 4 is 45.1 Å². The number of aromatic nitrogens is 1. The molecule has 0 aliphatic carbocycles. The molecule has 0 spiro atoms. The van der Waals surface area contributed by atoms with E-state index in [4.69, 9.17) is 17.3 Å². The molecule has 1 aliphatic rings. The fourth-order valence-electron chi connectivity index (χ4n) is 2.45. The Kier molecular flexibility index (Phi) is 4.03. The van der Waals surface area contributed by atoms with Crippen LogP contribution in [0.2, 0.25) is 0 Å². The summed E-state index contributed by atoms with van der Waals surface area (Å²) in [4.78, 5) is 24.2. The second-order valence-electron chi connectivity index (χ2n) is 5.08. The van der Waals surface area contributed by atoms with E-state index in [1.54, 1.807) is 24.4 Å². The van der Waals surface area contributed by atoms with Gasteiger partial charge in [0.1, 0.15) is 17.4 Å². The molecule has 0 bridgehead atoms. The third-order valence-electron chi connectivity index (χ3n) is 3.48. The van der Waals surface area contributed by atoms with Gasteiger partial charge in [0.15, 0.2) is 0 Å². The Morgan fingerprint density at radius 3 is 2.70 bits per heavy atom. The van der Waals surface area contributed by atoms with Gasteiger partial charge in [0.2, 0.25) is 0 Å². The first-order chi connectivity index (χ1) is 10.9. The normalized spacial score (nSPS) is 13.6. The predicted molar refractivity (Wildman–Crippen MR) is 88.2 cm³/mol. The molecule has 5 nitrogen and oxygen atoms in total. The SMILES string of the molecule is O=C(O)CN1C(=O)n2cc(Cc3ccc(Br)cc3F)cc2C1=S. The van der Waals surface area contributed by atoms with Crippen molar-refractivity contribution < 1.29 is 19.1 Å². The fraction of sp³-hybridized carbons (Fsp3) is 0.133. The molecule has 2 heterocycles. The van der Waals surface area contributed by atoms with Crippen molar-refractivity contribution in [2.24, 2.45) is 0 Å². The maximum atomic E-state index is 13.9. The number of aliphatic carboxylic acids is 1. The lowest BCUT2D eigenvalue weighted by Crippen LogP contribution is -2.35. The third-order valence-corrected chi connectivity index (χ3v) is 4.40. The number of amides is 1. The van der Waals surface area contributed by atoms with Crippen LogP contribution in [0.5, 0.6) is 0 Å². The first kappa shape index (κ1) is 15.8. The summed E-state index contributed by atoms with van der Waals surface area (Å²) in [6, 6.07) is 5.97. The van der Waals surface area contributed by atoms with E-state index in [1.807, 2.05) is 0 Å². The van der Waals surface area contributed by atoms with Gasteiger partial charge in [0.05, 0.1) is 5.69 Å². The van der Waals surface area contributed by atoms with Crippen LogP contribution in [-0.2, 0) is 11.2 Å². The fourth-order valence-corrected chi connectivity index (χ4v) is 3.09. The van der Waals surface area contributed by atoms with Crippen molar-refractivity contribution in [3.8, 4) is 0 Å². The van der Waals surface area contributed by atoms with Gasteiger partial charge in [-0.25, -0.2) is 9.18 Å². The van der Waals surface area contributed by atoms with Gasteiger partial charge in [-0.2, -0.15) is 0 Å². The van der Waals surface area contributed by atoms with Crippen LogP contribution in [0.4, 0.5) is 9.18 Å². The van der Waals surface area contributed by atoms with Gasteiger partial charge in [0, 0.05) is 17.1 Å². The zero-order valence-electron chi connectivity index (χ0n) is 11.6. The second-order valence-corrected chi connectivity index (χ2v) is 6.39. The van der Waals surface area contributed by atoms with E-state index in [0.717, 1.165) is 10.5 Å². The molecule has 0 saturated heterocycles. The van der Waals surface area contributed by atoms with Gasteiger partial charge >= 0.3 is 12.0 Å². The number of thiocarbonyl (C=S) groups is 1. The van der Waals surface area contributed by atoms with Gasteiger partial charge in [-0.1, -0.05) is 34.2 Å². The highest BCUT2D eigenvalue weighted by atomic mass is 79.9. The number of carbonyl (C=O) groups excluding carboxylic acids is 1. The number of carboxylic acid groups (broad SMARTS) is 1. The maximum absolute atomic E-state index is 13.9. The van der Waals surface area contributed by atoms with E-state index < -0.39 is 18.5 Å². The van der Waals surface area contributed by atoms with Crippen molar-refractivity contribution in [1.29, 1.82) is 0 Å². The summed E-state index contributed by atoms with van der Waals surface area (Å²) >= 11 is 8.35. The molecule has 0 atom stereocenters. The van der Waals surface area contributed by atoms with Crippen LogP contribution in [0, 0.1) is 5.82 Å². The minimum Gasteiger partial charge on any atom is -0.480 e. The molecule has 1 aromatic heterocycles. The minimum absolute atomic E-state index is 0.167. The van der Waals surface area contributed by atoms with E-state index in [1.165, 1.54) is 10.6 Å². The number of hydrogen-bond donors (Lipinski definition) is 1. The molecule has 118 valence electrons. The van der Waals surface area contributed by atoms with Gasteiger partial charge < -0.3 is 5.11 Å². The molecule has 8 heteroatoms. The molecule has 23 heavy (non-hydrogen) atoms. The number of rotatable bonds is 4. The van der Waals surface area contributed by atoms with Crippen molar-refractivity contribution in [2.75, 3.05) is 6.54 Å². The molecule has 0 saturated carbocycles. The number of halogens is 2. The van der Waals surface area contributed by atoms with E-state index in [-0.39, 0.29) is 10.8 Å². The van der Waals surface area contributed by atoms with Crippen LogP contribution in [0.15, 0.2) is 34.9 Å². The molecule has 1 N–H and O–H groups in total. The van der Waals surface area contributed by atoms with Gasteiger partial charge in [-0.05, 0) is 29.3 Å². The summed E-state index contributed by atoms with van der Waals surface area (Å²) in [7, 11) is 0. The lowest BCUT2D eigenvalue weighted by molar-refractivity contribution is -0.136. The Morgan fingerprint density at radius 2 is 2.09 bits per heavy atom. The molecule has 1 amide bonds. The number of benzene rings is 1. The largest absolute Gasteiger partial charge is 0.480 e. The van der Waals surface area contributed by atoms with Crippen molar-refractivity contribution in [3.63, 3.8) is 0 Å². The number of carbonyl (C=O) groups is 2. The molecule has 0 unspecified atom stereocenters. The standard InChI is InChI=1S/C15H10BrFN2O3S/c16-10-2-1-9(11(17)5-10)3-8-4-12-14(23)19(7-13(20)21)15(22)18(12)6-8/h1-2,4-6H,3,7H2,(H,20,21). The van der Waals surface area contributed by atoms with Crippen molar-refractivity contribution in [2.45, 2.75) is 6.42 Å². The maximum Gasteiger partial charge on any atom is 0.334 e. The van der Waals surface area contributed by atoms with Crippen LogP contribution in [0.25, 0.3) is 0 Å². The van der Waals surface area contributed by atoms with Gasteiger partial charge in [-0.3, -0.25) is 14.3 Å². The number of hydrogen-bond acceptors (Lipinski definition) is 3. The Hall–Kier alpha value is -2.06. The minimum atomic E-state index is -1.14. The average Bonchev–Trinajstić information content (AvgIpc) is 2.97. The molecular weight excluding hydrogens is 387 g/mol. The molecular formula is C15H10BrFN2O3S. The number of fused-ring (bicyclic) bond motifs is 1. The van der Waals surface area contributed by atoms with E-state index >= 15 is 0 Å². The smallest absolute Gasteiger partial charge is 0.334 e. The van der Waals surface area contributed by atoms with Gasteiger partial charge in [0.25, 0.3) is 0 Å². The predicted octanol–water partition coefficient (Wildman–Crippen LogP) is 3.02. The van der Waals surface area contributed by atoms with Crippen LogP contribution < -0.4 is 0 Å². The topological polar surface area (TPSA) is 62.5 Å². The number of nitrogens with zero attached hydrogens (tertiary/aromatic N) is 2. The van der Waals surface area contributed by atoms with Crippen LogP contribution in [0.1, 0.15) is 16.8 Å². The first-order valence-electron chi connectivity index (χ1n) is 6.60. The molecule has 0 fully saturated rings. The van der Waals surface area contributed by atoms with E-state index in [9.17, 15) is 14.0 Å². The Bertz CT molecular complexity index is 816. The highest BCUT2D eigenvalue weighted by Gasteiger charge is 2.34. The van der Waals surface area contributed by atoms with Crippen molar-refractivity contribution in [3.05, 3.63) is 57.6 Å². The zero-order chi connectivity index (χ0) is 16.7. The lowest BCUT2D eigenvalue weighted by atomic mass is 10.1. The summed E-state index contributed by atoms with van der Waals surface area (Å²) in [6.07, 6.45) is 1.88. The summed E-state index contributed by atoms with van der Waals surface area (Å²) in [5, 5.41) is 8.82. The van der Waals surface area contributed by atoms with Gasteiger partial charge in [-0.15, -0.1) is 0 Å². The van der Waals surface area contributed by atoms with Crippen molar-refractivity contribution in [1.82, 2.24) is 9.47 Å². The average molecular weight is 397 g/mol. The molecule has 3 rings (SSSR count). The summed E-state index contributed by atoms with van der Waals surface area (Å²) < 4.78 is 15.8. The highest BCUT2D eigenvalue weighted by Crippen LogP contribution is 2.24. The summed E-state index contributed by atoms with van der Waals surface area (Å²) in [5.41, 5.74) is 1.68. The van der Waals surface area contributed by atoms with E-state index in [2.05, 4.69) is 15.9 Å². The monoisotopic (exact) mass is 396 g/mol. The van der Waals surface area contributed by atoms with Crippen LogP contribution in [0.3, 0.4) is 0 Å². The summed E-state index contributed by atoms with van der Waals surface area (Å²) in [5.74, 6) is -1.48. The zero-order valence-corrected chi connectivity index (χ0v) is 14.0. The second kappa shape index (κ2) is 5.86. The molecule has 1 aromatic carbocycles. The Labute approximate surface area is 144 Å². The lowest BCUT2D eigenvalue weighted by Gasteiger charge is -2.12. The third kappa shape index (κ3) is 2.91. The Morgan fingerprint density at radius 1 is 1.35 bits per heavy atom. The quantitative estimate of drug-likeness (QED) is 0.806. The molecule has 2 aromatic rings. The first-order valence-corrected chi connectivity index (χ1v) is 7.80. The highest BCUT2D eigenvalue weighted by molar-refractivity contribution is 9.10. The van der Waals surface area contributed by atoms with E-state index in [0.29, 0.717) is 22.2 Å². The molecule has 1 aliphatic heterocycles. The number of carboxylic acids is 1. The Balaban J connectivity index is 1.86. The molecule has 0 radical (unpaired) electrons.